The number of rotatable bonds is 5. The van der Waals surface area contributed by atoms with E-state index in [4.69, 9.17) is 0 Å². The first-order chi connectivity index (χ1) is 9.58. The van der Waals surface area contributed by atoms with Gasteiger partial charge in [0.05, 0.1) is 0 Å². The highest BCUT2D eigenvalue weighted by molar-refractivity contribution is 5.46. The molecule has 2 rings (SSSR count). The van der Waals surface area contributed by atoms with Crippen molar-refractivity contribution >= 4 is 5.69 Å². The fourth-order valence-corrected chi connectivity index (χ4v) is 3.32. The van der Waals surface area contributed by atoms with Crippen molar-refractivity contribution in [3.05, 3.63) is 29.8 Å². The average molecular weight is 274 g/mol. The molecule has 1 N–H and O–H groups in total. The summed E-state index contributed by atoms with van der Waals surface area (Å²) in [6.07, 6.45) is 7.08. The van der Waals surface area contributed by atoms with Gasteiger partial charge in [0.2, 0.25) is 0 Å². The van der Waals surface area contributed by atoms with Crippen molar-refractivity contribution in [1.82, 2.24) is 5.32 Å². The van der Waals surface area contributed by atoms with Crippen LogP contribution in [0.5, 0.6) is 0 Å². The van der Waals surface area contributed by atoms with Crippen LogP contribution in [0.2, 0.25) is 0 Å². The molecule has 0 radical (unpaired) electrons. The summed E-state index contributed by atoms with van der Waals surface area (Å²) in [7, 11) is 4.17. The molecule has 2 nitrogen and oxygen atoms in total. The standard InChI is InChI=1S/C18H30N2/c1-14(16-8-6-5-7-9-16)19-15(2)17-10-12-18(13-11-17)20(3)4/h10-16,19H,5-9H2,1-4H3/t14-,15?/m0/s1. The maximum atomic E-state index is 3.80. The molecule has 1 aromatic carbocycles. The number of hydrogen-bond donors (Lipinski definition) is 1. The Kier molecular flexibility index (Phi) is 5.47. The summed E-state index contributed by atoms with van der Waals surface area (Å²) in [6.45, 7) is 4.64. The predicted molar refractivity (Wildman–Crippen MR) is 88.4 cm³/mol. The summed E-state index contributed by atoms with van der Waals surface area (Å²) in [5.41, 5.74) is 2.65. The Morgan fingerprint density at radius 3 is 2.15 bits per heavy atom. The Labute approximate surface area is 124 Å². The summed E-state index contributed by atoms with van der Waals surface area (Å²) in [5, 5.41) is 3.80. The van der Waals surface area contributed by atoms with Crippen LogP contribution in [0.25, 0.3) is 0 Å². The first-order valence-corrected chi connectivity index (χ1v) is 8.11. The van der Waals surface area contributed by atoms with Crippen LogP contribution >= 0.6 is 0 Å². The normalized spacial score (nSPS) is 19.6. The third kappa shape index (κ3) is 3.99. The van der Waals surface area contributed by atoms with Crippen LogP contribution in [-0.2, 0) is 0 Å². The fourth-order valence-electron chi connectivity index (χ4n) is 3.32. The topological polar surface area (TPSA) is 15.3 Å². The molecule has 20 heavy (non-hydrogen) atoms. The summed E-state index contributed by atoms with van der Waals surface area (Å²) >= 11 is 0. The van der Waals surface area contributed by atoms with Gasteiger partial charge in [-0.25, -0.2) is 0 Å². The van der Waals surface area contributed by atoms with Gasteiger partial charge in [0.25, 0.3) is 0 Å². The molecule has 0 amide bonds. The highest BCUT2D eigenvalue weighted by Crippen LogP contribution is 2.28. The second-order valence-electron chi connectivity index (χ2n) is 6.56. The van der Waals surface area contributed by atoms with E-state index in [1.54, 1.807) is 0 Å². The van der Waals surface area contributed by atoms with Gasteiger partial charge >= 0.3 is 0 Å². The van der Waals surface area contributed by atoms with Crippen molar-refractivity contribution in [3.63, 3.8) is 0 Å². The van der Waals surface area contributed by atoms with Gasteiger partial charge in [-0.1, -0.05) is 31.4 Å². The summed E-state index contributed by atoms with van der Waals surface area (Å²) in [5.74, 6) is 0.868. The number of hydrogen-bond acceptors (Lipinski definition) is 2. The number of benzene rings is 1. The van der Waals surface area contributed by atoms with Crippen LogP contribution in [0.15, 0.2) is 24.3 Å². The van der Waals surface area contributed by atoms with Crippen LogP contribution in [0.3, 0.4) is 0 Å². The second-order valence-corrected chi connectivity index (χ2v) is 6.56. The van der Waals surface area contributed by atoms with Crippen molar-refractivity contribution < 1.29 is 0 Å². The highest BCUT2D eigenvalue weighted by atomic mass is 15.1. The molecule has 1 unspecified atom stereocenters. The summed E-state index contributed by atoms with van der Waals surface area (Å²) in [6, 6.07) is 9.97. The minimum absolute atomic E-state index is 0.433. The fraction of sp³-hybridized carbons (Fsp3) is 0.667. The number of nitrogens with zero attached hydrogens (tertiary/aromatic N) is 1. The van der Waals surface area contributed by atoms with Crippen LogP contribution in [0.4, 0.5) is 5.69 Å². The molecule has 112 valence electrons. The number of nitrogens with one attached hydrogen (secondary N) is 1. The van der Waals surface area contributed by atoms with Crippen LogP contribution in [0, 0.1) is 5.92 Å². The maximum Gasteiger partial charge on any atom is 0.0361 e. The molecule has 0 aromatic heterocycles. The Morgan fingerprint density at radius 2 is 1.60 bits per heavy atom. The molecule has 0 bridgehead atoms. The molecule has 1 aliphatic carbocycles. The Hall–Kier alpha value is -1.02. The Morgan fingerprint density at radius 1 is 1.00 bits per heavy atom. The lowest BCUT2D eigenvalue weighted by Gasteiger charge is -2.31. The van der Waals surface area contributed by atoms with Gasteiger partial charge in [-0.2, -0.15) is 0 Å². The molecular weight excluding hydrogens is 244 g/mol. The molecule has 2 atom stereocenters. The van der Waals surface area contributed by atoms with E-state index in [1.807, 2.05) is 0 Å². The summed E-state index contributed by atoms with van der Waals surface area (Å²) < 4.78 is 0. The zero-order valence-corrected chi connectivity index (χ0v) is 13.5. The zero-order chi connectivity index (χ0) is 14.5. The highest BCUT2D eigenvalue weighted by Gasteiger charge is 2.21. The minimum Gasteiger partial charge on any atom is -0.378 e. The molecule has 1 aromatic rings. The molecule has 0 aliphatic heterocycles. The van der Waals surface area contributed by atoms with E-state index in [2.05, 4.69) is 62.4 Å². The van der Waals surface area contributed by atoms with E-state index < -0.39 is 0 Å². The van der Waals surface area contributed by atoms with Crippen LogP contribution < -0.4 is 10.2 Å². The monoisotopic (exact) mass is 274 g/mol. The van der Waals surface area contributed by atoms with Crippen molar-refractivity contribution in [2.24, 2.45) is 5.92 Å². The molecule has 1 fully saturated rings. The first-order valence-electron chi connectivity index (χ1n) is 8.11. The molecule has 1 aliphatic rings. The lowest BCUT2D eigenvalue weighted by Crippen LogP contribution is -2.36. The lowest BCUT2D eigenvalue weighted by atomic mass is 9.84. The van der Waals surface area contributed by atoms with Gasteiger partial charge in [-0.3, -0.25) is 0 Å². The molecular formula is C18H30N2. The first kappa shape index (κ1) is 15.4. The predicted octanol–water partition coefficient (Wildman–Crippen LogP) is 4.37. The smallest absolute Gasteiger partial charge is 0.0361 e. The van der Waals surface area contributed by atoms with Crippen molar-refractivity contribution in [2.75, 3.05) is 19.0 Å². The third-order valence-electron chi connectivity index (χ3n) is 4.78. The van der Waals surface area contributed by atoms with E-state index in [0.717, 1.165) is 5.92 Å². The van der Waals surface area contributed by atoms with E-state index in [-0.39, 0.29) is 0 Å². The van der Waals surface area contributed by atoms with Crippen LogP contribution in [-0.4, -0.2) is 20.1 Å². The third-order valence-corrected chi connectivity index (χ3v) is 4.78. The van der Waals surface area contributed by atoms with Crippen LogP contribution in [0.1, 0.15) is 57.6 Å². The molecule has 0 heterocycles. The second kappa shape index (κ2) is 7.12. The van der Waals surface area contributed by atoms with Gasteiger partial charge in [-0.05, 0) is 50.3 Å². The zero-order valence-electron chi connectivity index (χ0n) is 13.5. The van der Waals surface area contributed by atoms with E-state index >= 15 is 0 Å². The lowest BCUT2D eigenvalue weighted by molar-refractivity contribution is 0.268. The molecule has 0 spiro atoms. The van der Waals surface area contributed by atoms with Gasteiger partial charge in [0, 0.05) is 31.9 Å². The quantitative estimate of drug-likeness (QED) is 0.857. The van der Waals surface area contributed by atoms with Gasteiger partial charge in [0.15, 0.2) is 0 Å². The van der Waals surface area contributed by atoms with Crippen molar-refractivity contribution in [2.45, 2.75) is 58.0 Å². The van der Waals surface area contributed by atoms with E-state index in [1.165, 1.54) is 43.4 Å². The van der Waals surface area contributed by atoms with Gasteiger partial charge in [-0.15, -0.1) is 0 Å². The summed E-state index contributed by atoms with van der Waals surface area (Å²) in [4.78, 5) is 2.15. The Bertz CT molecular complexity index is 390. The van der Waals surface area contributed by atoms with Crippen molar-refractivity contribution in [1.29, 1.82) is 0 Å². The molecule has 0 saturated heterocycles. The molecule has 1 saturated carbocycles. The maximum absolute atomic E-state index is 3.80. The largest absolute Gasteiger partial charge is 0.378 e. The van der Waals surface area contributed by atoms with Gasteiger partial charge in [0.1, 0.15) is 0 Å². The Balaban J connectivity index is 1.91. The van der Waals surface area contributed by atoms with Gasteiger partial charge < -0.3 is 10.2 Å². The SMILES string of the molecule is CC(N[C@@H](C)C1CCCCC1)c1ccc(N(C)C)cc1. The number of anilines is 1. The average Bonchev–Trinajstić information content (AvgIpc) is 2.48. The molecule has 2 heteroatoms. The van der Waals surface area contributed by atoms with E-state index in [0.29, 0.717) is 12.1 Å². The minimum atomic E-state index is 0.433. The van der Waals surface area contributed by atoms with Crippen molar-refractivity contribution in [3.8, 4) is 0 Å². The van der Waals surface area contributed by atoms with E-state index in [9.17, 15) is 0 Å².